The van der Waals surface area contributed by atoms with Gasteiger partial charge in [-0.05, 0) is 42.8 Å². The normalized spacial score (nSPS) is 13.8. The summed E-state index contributed by atoms with van der Waals surface area (Å²) in [4.78, 5) is 41.1. The Morgan fingerprint density at radius 3 is 2.38 bits per heavy atom. The predicted octanol–water partition coefficient (Wildman–Crippen LogP) is 2.25. The molecule has 2 aromatic rings. The molecule has 0 unspecified atom stereocenters. The molecule has 1 aromatic heterocycles. The molecule has 1 saturated heterocycles. The average Bonchev–Trinajstić information content (AvgIpc) is 3.06. The smallest absolute Gasteiger partial charge is 0.338 e. The number of pyridine rings is 1. The summed E-state index contributed by atoms with van der Waals surface area (Å²) in [5.41, 5.74) is 1.57. The molecule has 1 aromatic carbocycles. The SMILES string of the molecule is O=C(COC(=O)c1ccncc1)c1ccc(N2CCCC2=O)cc1. The van der Waals surface area contributed by atoms with E-state index in [1.165, 1.54) is 24.5 Å². The van der Waals surface area contributed by atoms with E-state index in [4.69, 9.17) is 4.74 Å². The zero-order chi connectivity index (χ0) is 16.9. The number of esters is 1. The van der Waals surface area contributed by atoms with Crippen LogP contribution in [0.15, 0.2) is 48.8 Å². The van der Waals surface area contributed by atoms with Crippen LogP contribution in [0.25, 0.3) is 0 Å². The number of carbonyl (C=O) groups excluding carboxylic acids is 3. The van der Waals surface area contributed by atoms with Crippen molar-refractivity contribution in [2.24, 2.45) is 0 Å². The molecule has 24 heavy (non-hydrogen) atoms. The maximum atomic E-state index is 12.1. The van der Waals surface area contributed by atoms with Crippen molar-refractivity contribution in [3.63, 3.8) is 0 Å². The fourth-order valence-electron chi connectivity index (χ4n) is 2.53. The van der Waals surface area contributed by atoms with Crippen LogP contribution in [-0.4, -0.2) is 35.8 Å². The Labute approximate surface area is 139 Å². The Kier molecular flexibility index (Phi) is 4.65. The molecule has 1 fully saturated rings. The molecular formula is C18H16N2O4. The van der Waals surface area contributed by atoms with Gasteiger partial charge in [0, 0.05) is 36.6 Å². The summed E-state index contributed by atoms with van der Waals surface area (Å²) in [6.45, 7) is 0.374. The summed E-state index contributed by atoms with van der Waals surface area (Å²) in [6, 6.07) is 9.80. The van der Waals surface area contributed by atoms with E-state index < -0.39 is 5.97 Å². The fourth-order valence-corrected chi connectivity index (χ4v) is 2.53. The third kappa shape index (κ3) is 3.48. The van der Waals surface area contributed by atoms with Gasteiger partial charge in [0.25, 0.3) is 0 Å². The highest BCUT2D eigenvalue weighted by Gasteiger charge is 2.21. The van der Waals surface area contributed by atoms with E-state index in [2.05, 4.69) is 4.98 Å². The number of nitrogens with zero attached hydrogens (tertiary/aromatic N) is 2. The molecule has 6 heteroatoms. The number of benzene rings is 1. The first kappa shape index (κ1) is 15.9. The van der Waals surface area contributed by atoms with Crippen molar-refractivity contribution in [1.29, 1.82) is 0 Å². The molecule has 1 amide bonds. The van der Waals surface area contributed by atoms with E-state index in [1.807, 2.05) is 0 Å². The van der Waals surface area contributed by atoms with Gasteiger partial charge in [0.2, 0.25) is 5.91 Å². The largest absolute Gasteiger partial charge is 0.454 e. The number of Topliss-reactive ketones (excluding diaryl/α,β-unsaturated/α-hetero) is 1. The zero-order valence-corrected chi connectivity index (χ0v) is 13.0. The molecule has 0 bridgehead atoms. The minimum atomic E-state index is -0.565. The van der Waals surface area contributed by atoms with Gasteiger partial charge in [-0.25, -0.2) is 4.79 Å². The van der Waals surface area contributed by atoms with E-state index in [1.54, 1.807) is 29.2 Å². The molecule has 2 heterocycles. The standard InChI is InChI=1S/C18H16N2O4/c21-16(12-24-18(23)14-7-9-19-10-8-14)13-3-5-15(6-4-13)20-11-1-2-17(20)22/h3-10H,1-2,11-12H2. The van der Waals surface area contributed by atoms with Crippen LogP contribution in [0.4, 0.5) is 5.69 Å². The highest BCUT2D eigenvalue weighted by atomic mass is 16.5. The van der Waals surface area contributed by atoms with Gasteiger partial charge in [0.05, 0.1) is 5.56 Å². The van der Waals surface area contributed by atoms with E-state index in [-0.39, 0.29) is 18.3 Å². The number of amides is 1. The van der Waals surface area contributed by atoms with Crippen LogP contribution < -0.4 is 4.90 Å². The Morgan fingerprint density at radius 1 is 1.04 bits per heavy atom. The number of carbonyl (C=O) groups is 3. The maximum absolute atomic E-state index is 12.1. The third-order valence-electron chi connectivity index (χ3n) is 3.82. The molecule has 122 valence electrons. The summed E-state index contributed by atoms with van der Waals surface area (Å²) < 4.78 is 5.01. The van der Waals surface area contributed by atoms with Crippen LogP contribution in [0.2, 0.25) is 0 Å². The fraction of sp³-hybridized carbons (Fsp3) is 0.222. The van der Waals surface area contributed by atoms with Crippen molar-refractivity contribution < 1.29 is 19.1 Å². The number of hydrogen-bond donors (Lipinski definition) is 0. The Bertz CT molecular complexity index is 756. The lowest BCUT2D eigenvalue weighted by atomic mass is 10.1. The van der Waals surface area contributed by atoms with Crippen LogP contribution in [0.5, 0.6) is 0 Å². The summed E-state index contributed by atoms with van der Waals surface area (Å²) in [7, 11) is 0. The Balaban J connectivity index is 1.59. The summed E-state index contributed by atoms with van der Waals surface area (Å²) in [5.74, 6) is -0.762. The number of ether oxygens (including phenoxy) is 1. The predicted molar refractivity (Wildman–Crippen MR) is 86.9 cm³/mol. The van der Waals surface area contributed by atoms with Crippen LogP contribution in [-0.2, 0) is 9.53 Å². The zero-order valence-electron chi connectivity index (χ0n) is 13.0. The van der Waals surface area contributed by atoms with Gasteiger partial charge in [-0.1, -0.05) is 0 Å². The van der Waals surface area contributed by atoms with E-state index in [9.17, 15) is 14.4 Å². The lowest BCUT2D eigenvalue weighted by Crippen LogP contribution is -2.23. The molecular weight excluding hydrogens is 308 g/mol. The first-order valence-electron chi connectivity index (χ1n) is 7.66. The minimum absolute atomic E-state index is 0.0976. The number of anilines is 1. The van der Waals surface area contributed by atoms with Crippen molar-refractivity contribution in [3.05, 3.63) is 59.9 Å². The van der Waals surface area contributed by atoms with Gasteiger partial charge in [0.1, 0.15) is 0 Å². The lowest BCUT2D eigenvalue weighted by molar-refractivity contribution is -0.117. The molecule has 0 N–H and O–H groups in total. The second kappa shape index (κ2) is 7.04. The third-order valence-corrected chi connectivity index (χ3v) is 3.82. The number of hydrogen-bond acceptors (Lipinski definition) is 5. The molecule has 0 radical (unpaired) electrons. The molecule has 0 atom stereocenters. The van der Waals surface area contributed by atoms with Crippen LogP contribution in [0.3, 0.4) is 0 Å². The lowest BCUT2D eigenvalue weighted by Gasteiger charge is -2.15. The van der Waals surface area contributed by atoms with Gasteiger partial charge < -0.3 is 9.64 Å². The van der Waals surface area contributed by atoms with E-state index in [0.717, 1.165) is 12.1 Å². The topological polar surface area (TPSA) is 76.6 Å². The van der Waals surface area contributed by atoms with Crippen molar-refractivity contribution in [1.82, 2.24) is 4.98 Å². The second-order valence-electron chi connectivity index (χ2n) is 5.43. The first-order chi connectivity index (χ1) is 11.6. The number of rotatable bonds is 5. The number of ketones is 1. The van der Waals surface area contributed by atoms with Crippen molar-refractivity contribution in [2.45, 2.75) is 12.8 Å². The molecule has 0 aliphatic carbocycles. The van der Waals surface area contributed by atoms with Crippen molar-refractivity contribution in [2.75, 3.05) is 18.1 Å². The van der Waals surface area contributed by atoms with Crippen molar-refractivity contribution >= 4 is 23.3 Å². The van der Waals surface area contributed by atoms with Gasteiger partial charge in [-0.3, -0.25) is 14.6 Å². The average molecular weight is 324 g/mol. The van der Waals surface area contributed by atoms with Gasteiger partial charge in [-0.15, -0.1) is 0 Å². The van der Waals surface area contributed by atoms with Gasteiger partial charge in [0.15, 0.2) is 12.4 Å². The molecule has 1 aliphatic rings. The molecule has 1 aliphatic heterocycles. The maximum Gasteiger partial charge on any atom is 0.338 e. The van der Waals surface area contributed by atoms with Gasteiger partial charge >= 0.3 is 5.97 Å². The van der Waals surface area contributed by atoms with Crippen molar-refractivity contribution in [3.8, 4) is 0 Å². The van der Waals surface area contributed by atoms with Crippen LogP contribution in [0.1, 0.15) is 33.6 Å². The minimum Gasteiger partial charge on any atom is -0.454 e. The highest BCUT2D eigenvalue weighted by Crippen LogP contribution is 2.21. The summed E-state index contributed by atoms with van der Waals surface area (Å²) >= 11 is 0. The quantitative estimate of drug-likeness (QED) is 0.623. The molecule has 3 rings (SSSR count). The van der Waals surface area contributed by atoms with Crippen LogP contribution >= 0.6 is 0 Å². The van der Waals surface area contributed by atoms with Crippen LogP contribution in [0, 0.1) is 0 Å². The second-order valence-corrected chi connectivity index (χ2v) is 5.43. The number of aromatic nitrogens is 1. The molecule has 6 nitrogen and oxygen atoms in total. The van der Waals surface area contributed by atoms with E-state index in [0.29, 0.717) is 24.1 Å². The summed E-state index contributed by atoms with van der Waals surface area (Å²) in [5, 5.41) is 0. The highest BCUT2D eigenvalue weighted by molar-refractivity contribution is 6.00. The molecule has 0 spiro atoms. The Morgan fingerprint density at radius 2 is 1.75 bits per heavy atom. The Hall–Kier alpha value is -3.02. The van der Waals surface area contributed by atoms with E-state index >= 15 is 0 Å². The first-order valence-corrected chi connectivity index (χ1v) is 7.66. The molecule has 0 saturated carbocycles. The van der Waals surface area contributed by atoms with Gasteiger partial charge in [-0.2, -0.15) is 0 Å². The monoisotopic (exact) mass is 324 g/mol. The summed E-state index contributed by atoms with van der Waals surface area (Å²) in [6.07, 6.45) is 4.38.